The average molecular weight is 412 g/mol. The molecule has 7 heteroatoms. The Labute approximate surface area is 174 Å². The number of aromatic nitrogens is 1. The number of amides is 2. The number of hydrogen-bond acceptors (Lipinski definition) is 4. The first kappa shape index (κ1) is 20.6. The summed E-state index contributed by atoms with van der Waals surface area (Å²) in [5.41, 5.74) is 3.46. The second kappa shape index (κ2) is 8.49. The number of anilines is 1. The van der Waals surface area contributed by atoms with Crippen molar-refractivity contribution in [3.8, 4) is 5.75 Å². The Hall–Kier alpha value is -3.12. The van der Waals surface area contributed by atoms with Crippen molar-refractivity contribution < 1.29 is 14.3 Å². The SMILES string of the molecule is COc1ccc(Cl)cc1NC(=O)CN(C)C(=O)c1cc2cc(C)ccc2nc1C. The number of methoxy groups -OCH3 is 1. The number of rotatable bonds is 5. The van der Waals surface area contributed by atoms with E-state index in [0.717, 1.165) is 16.5 Å². The minimum Gasteiger partial charge on any atom is -0.495 e. The second-order valence-electron chi connectivity index (χ2n) is 6.87. The Morgan fingerprint density at radius 3 is 2.62 bits per heavy atom. The summed E-state index contributed by atoms with van der Waals surface area (Å²) in [6.07, 6.45) is 0. The van der Waals surface area contributed by atoms with Gasteiger partial charge in [-0.2, -0.15) is 0 Å². The third-order valence-corrected chi connectivity index (χ3v) is 4.79. The zero-order valence-electron chi connectivity index (χ0n) is 16.7. The summed E-state index contributed by atoms with van der Waals surface area (Å²) in [5.74, 6) is -0.142. The molecule has 0 saturated carbocycles. The molecule has 0 aliphatic rings. The average Bonchev–Trinajstić information content (AvgIpc) is 2.67. The molecule has 29 heavy (non-hydrogen) atoms. The molecule has 150 valence electrons. The molecule has 2 amide bonds. The van der Waals surface area contributed by atoms with E-state index in [1.54, 1.807) is 32.2 Å². The number of nitrogens with one attached hydrogen (secondary N) is 1. The third-order valence-electron chi connectivity index (χ3n) is 4.55. The predicted molar refractivity (Wildman–Crippen MR) is 115 cm³/mol. The standard InChI is InChI=1S/C22H22ClN3O3/c1-13-5-7-18-15(9-13)10-17(14(2)24-18)22(28)26(3)12-21(27)25-19-11-16(23)6-8-20(19)29-4/h5-11H,12H2,1-4H3,(H,25,27). The number of likely N-dealkylation sites (N-methyl/N-ethyl adjacent to an activating group) is 1. The summed E-state index contributed by atoms with van der Waals surface area (Å²) in [6.45, 7) is 3.65. The minimum absolute atomic E-state index is 0.125. The van der Waals surface area contributed by atoms with E-state index in [1.807, 2.05) is 31.2 Å². The van der Waals surface area contributed by atoms with Crippen molar-refractivity contribution >= 4 is 40.0 Å². The van der Waals surface area contributed by atoms with Crippen LogP contribution in [0.2, 0.25) is 5.02 Å². The summed E-state index contributed by atoms with van der Waals surface area (Å²) in [6, 6.07) is 12.7. The topological polar surface area (TPSA) is 71.5 Å². The highest BCUT2D eigenvalue weighted by molar-refractivity contribution is 6.31. The smallest absolute Gasteiger partial charge is 0.255 e. The van der Waals surface area contributed by atoms with Gasteiger partial charge in [-0.05, 0) is 50.2 Å². The number of pyridine rings is 1. The number of carbonyl (C=O) groups excluding carboxylic acids is 2. The Morgan fingerprint density at radius 1 is 1.14 bits per heavy atom. The highest BCUT2D eigenvalue weighted by Gasteiger charge is 2.19. The van der Waals surface area contributed by atoms with E-state index in [1.165, 1.54) is 12.0 Å². The van der Waals surface area contributed by atoms with Crippen molar-refractivity contribution in [2.24, 2.45) is 0 Å². The number of hydrogen-bond donors (Lipinski definition) is 1. The Morgan fingerprint density at radius 2 is 1.90 bits per heavy atom. The molecule has 0 aliphatic heterocycles. The molecule has 1 heterocycles. The molecule has 3 aromatic rings. The first-order chi connectivity index (χ1) is 13.8. The molecule has 1 aromatic heterocycles. The van der Waals surface area contributed by atoms with Crippen molar-refractivity contribution in [2.75, 3.05) is 26.0 Å². The summed E-state index contributed by atoms with van der Waals surface area (Å²) in [4.78, 5) is 31.3. The molecule has 0 saturated heterocycles. The number of ether oxygens (including phenoxy) is 1. The van der Waals surface area contributed by atoms with E-state index < -0.39 is 0 Å². The molecular weight excluding hydrogens is 390 g/mol. The van der Waals surface area contributed by atoms with Crippen LogP contribution in [-0.2, 0) is 4.79 Å². The molecule has 0 unspecified atom stereocenters. The zero-order valence-corrected chi connectivity index (χ0v) is 17.5. The van der Waals surface area contributed by atoms with Crippen molar-refractivity contribution in [3.63, 3.8) is 0 Å². The quantitative estimate of drug-likeness (QED) is 0.682. The number of aryl methyl sites for hydroxylation is 2. The van der Waals surface area contributed by atoms with Crippen LogP contribution < -0.4 is 10.1 Å². The van der Waals surface area contributed by atoms with Gasteiger partial charge in [-0.3, -0.25) is 14.6 Å². The van der Waals surface area contributed by atoms with Crippen LogP contribution in [0.5, 0.6) is 5.75 Å². The molecule has 6 nitrogen and oxygen atoms in total. The van der Waals surface area contributed by atoms with Crippen LogP contribution in [-0.4, -0.2) is 42.4 Å². The normalized spacial score (nSPS) is 10.7. The van der Waals surface area contributed by atoms with Crippen LogP contribution in [0.15, 0.2) is 42.5 Å². The van der Waals surface area contributed by atoms with Crippen molar-refractivity contribution in [1.82, 2.24) is 9.88 Å². The van der Waals surface area contributed by atoms with E-state index >= 15 is 0 Å². The number of carbonyl (C=O) groups is 2. The van der Waals surface area contributed by atoms with Gasteiger partial charge in [0, 0.05) is 17.5 Å². The van der Waals surface area contributed by atoms with Gasteiger partial charge >= 0.3 is 0 Å². The van der Waals surface area contributed by atoms with Gasteiger partial charge in [0.25, 0.3) is 5.91 Å². The predicted octanol–water partition coefficient (Wildman–Crippen LogP) is 4.22. The molecule has 0 fully saturated rings. The van der Waals surface area contributed by atoms with Crippen molar-refractivity contribution in [1.29, 1.82) is 0 Å². The first-order valence-corrected chi connectivity index (χ1v) is 9.43. The molecule has 0 aliphatic carbocycles. The van der Waals surface area contributed by atoms with Gasteiger partial charge in [-0.15, -0.1) is 0 Å². The van der Waals surface area contributed by atoms with Gasteiger partial charge < -0.3 is 15.0 Å². The third kappa shape index (κ3) is 4.66. The lowest BCUT2D eigenvalue weighted by atomic mass is 10.1. The van der Waals surface area contributed by atoms with E-state index in [9.17, 15) is 9.59 Å². The monoisotopic (exact) mass is 411 g/mol. The van der Waals surface area contributed by atoms with Crippen LogP contribution in [0.1, 0.15) is 21.6 Å². The summed E-state index contributed by atoms with van der Waals surface area (Å²) < 4.78 is 5.23. The summed E-state index contributed by atoms with van der Waals surface area (Å²) in [5, 5.41) is 4.09. The lowest BCUT2D eigenvalue weighted by Gasteiger charge is -2.19. The first-order valence-electron chi connectivity index (χ1n) is 9.05. The molecule has 0 spiro atoms. The van der Waals surface area contributed by atoms with Gasteiger partial charge in [0.2, 0.25) is 5.91 Å². The van der Waals surface area contributed by atoms with Gasteiger partial charge in [0.15, 0.2) is 0 Å². The Kier molecular flexibility index (Phi) is 6.03. The van der Waals surface area contributed by atoms with Crippen LogP contribution in [0.4, 0.5) is 5.69 Å². The highest BCUT2D eigenvalue weighted by Crippen LogP contribution is 2.27. The number of halogens is 1. The number of nitrogens with zero attached hydrogens (tertiary/aromatic N) is 2. The second-order valence-corrected chi connectivity index (χ2v) is 7.31. The summed E-state index contributed by atoms with van der Waals surface area (Å²) >= 11 is 5.99. The maximum absolute atomic E-state index is 12.9. The molecule has 0 radical (unpaired) electrons. The van der Waals surface area contributed by atoms with E-state index in [-0.39, 0.29) is 18.4 Å². The van der Waals surface area contributed by atoms with Crippen LogP contribution >= 0.6 is 11.6 Å². The van der Waals surface area contributed by atoms with Gasteiger partial charge in [0.05, 0.1) is 36.1 Å². The molecule has 3 rings (SSSR count). The van der Waals surface area contributed by atoms with Crippen LogP contribution in [0.3, 0.4) is 0 Å². The Balaban J connectivity index is 1.77. The lowest BCUT2D eigenvalue weighted by molar-refractivity contribution is -0.116. The molecular formula is C22H22ClN3O3. The van der Waals surface area contributed by atoms with Crippen LogP contribution in [0, 0.1) is 13.8 Å². The fraction of sp³-hybridized carbons (Fsp3) is 0.227. The maximum Gasteiger partial charge on any atom is 0.255 e. The fourth-order valence-corrected chi connectivity index (χ4v) is 3.24. The van der Waals surface area contributed by atoms with Gasteiger partial charge in [-0.1, -0.05) is 23.2 Å². The Bertz CT molecular complexity index is 1100. The van der Waals surface area contributed by atoms with Crippen LogP contribution in [0.25, 0.3) is 10.9 Å². The van der Waals surface area contributed by atoms with Gasteiger partial charge in [-0.25, -0.2) is 0 Å². The van der Waals surface area contributed by atoms with Crippen molar-refractivity contribution in [2.45, 2.75) is 13.8 Å². The van der Waals surface area contributed by atoms with E-state index in [0.29, 0.717) is 27.7 Å². The number of benzene rings is 2. The fourth-order valence-electron chi connectivity index (χ4n) is 3.07. The van der Waals surface area contributed by atoms with E-state index in [2.05, 4.69) is 10.3 Å². The number of fused-ring (bicyclic) bond motifs is 1. The van der Waals surface area contributed by atoms with E-state index in [4.69, 9.17) is 16.3 Å². The molecule has 2 aromatic carbocycles. The molecule has 0 atom stereocenters. The zero-order chi connectivity index (χ0) is 21.1. The maximum atomic E-state index is 12.9. The summed E-state index contributed by atoms with van der Waals surface area (Å²) in [7, 11) is 3.09. The largest absolute Gasteiger partial charge is 0.495 e. The molecule has 0 bridgehead atoms. The van der Waals surface area contributed by atoms with Gasteiger partial charge in [0.1, 0.15) is 5.75 Å². The van der Waals surface area contributed by atoms with Crippen molar-refractivity contribution in [3.05, 3.63) is 64.3 Å². The highest BCUT2D eigenvalue weighted by atomic mass is 35.5. The minimum atomic E-state index is -0.358. The lowest BCUT2D eigenvalue weighted by Crippen LogP contribution is -2.35. The molecule has 1 N–H and O–H groups in total.